The van der Waals surface area contributed by atoms with E-state index < -0.39 is 23.5 Å². The van der Waals surface area contributed by atoms with Gasteiger partial charge in [-0.05, 0) is 19.1 Å². The van der Waals surface area contributed by atoms with Gasteiger partial charge in [0.2, 0.25) is 11.6 Å². The highest BCUT2D eigenvalue weighted by molar-refractivity contribution is 6.29. The largest absolute Gasteiger partial charge is 0.481 e. The number of hydrogen-bond donors (Lipinski definition) is 1. The maximum Gasteiger partial charge on any atom is 0.342 e. The predicted octanol–water partition coefficient (Wildman–Crippen LogP) is 1.22. The first-order chi connectivity index (χ1) is 14.9. The van der Waals surface area contributed by atoms with Crippen molar-refractivity contribution in [1.29, 1.82) is 0 Å². The normalized spacial score (nSPS) is 12.4. The van der Waals surface area contributed by atoms with Gasteiger partial charge in [-0.1, -0.05) is 5.21 Å². The molecule has 3 aromatic rings. The molecule has 0 saturated carbocycles. The summed E-state index contributed by atoms with van der Waals surface area (Å²) in [7, 11) is 0. The number of esters is 1. The summed E-state index contributed by atoms with van der Waals surface area (Å²) in [5.74, 6) is -2.94. The van der Waals surface area contributed by atoms with Gasteiger partial charge in [0.15, 0.2) is 5.76 Å². The summed E-state index contributed by atoms with van der Waals surface area (Å²) in [5, 5.41) is 16.4. The van der Waals surface area contributed by atoms with Crippen molar-refractivity contribution in [2.75, 3.05) is 6.61 Å². The molecule has 0 spiro atoms. The minimum atomic E-state index is -0.948. The Labute approximate surface area is 174 Å². The molecule has 158 valence electrons. The van der Waals surface area contributed by atoms with Crippen LogP contribution in [0.4, 0.5) is 0 Å². The second-order valence-electron chi connectivity index (χ2n) is 6.80. The van der Waals surface area contributed by atoms with Crippen molar-refractivity contribution in [1.82, 2.24) is 20.0 Å². The first-order valence-electron chi connectivity index (χ1n) is 9.32. The second kappa shape index (κ2) is 7.94. The van der Waals surface area contributed by atoms with E-state index in [1.54, 1.807) is 6.20 Å². The molecule has 1 aliphatic rings. The number of nitrogens with zero attached hydrogens (tertiary/aromatic N) is 4. The van der Waals surface area contributed by atoms with E-state index in [4.69, 9.17) is 14.3 Å². The van der Waals surface area contributed by atoms with Gasteiger partial charge >= 0.3 is 11.9 Å². The zero-order valence-corrected chi connectivity index (χ0v) is 16.3. The number of aromatic nitrogens is 4. The van der Waals surface area contributed by atoms with Crippen LogP contribution < -0.4 is 0 Å². The molecule has 0 bridgehead atoms. The van der Waals surface area contributed by atoms with Crippen LogP contribution in [0.3, 0.4) is 0 Å². The summed E-state index contributed by atoms with van der Waals surface area (Å²) in [6.45, 7) is 1.59. The van der Waals surface area contributed by atoms with Gasteiger partial charge < -0.3 is 14.3 Å². The number of aliphatic carboxylic acids is 1. The van der Waals surface area contributed by atoms with Gasteiger partial charge in [0.05, 0.1) is 36.4 Å². The molecule has 11 nitrogen and oxygen atoms in total. The molecule has 0 aromatic carbocycles. The Morgan fingerprint density at radius 2 is 2.06 bits per heavy atom. The van der Waals surface area contributed by atoms with Crippen LogP contribution in [0.5, 0.6) is 0 Å². The van der Waals surface area contributed by atoms with Crippen molar-refractivity contribution >= 4 is 23.5 Å². The third kappa shape index (κ3) is 3.72. The lowest BCUT2D eigenvalue weighted by atomic mass is 9.90. The van der Waals surface area contributed by atoms with E-state index in [1.165, 1.54) is 29.9 Å². The van der Waals surface area contributed by atoms with Crippen LogP contribution in [0, 0.1) is 6.92 Å². The van der Waals surface area contributed by atoms with Gasteiger partial charge in [0.25, 0.3) is 0 Å². The summed E-state index contributed by atoms with van der Waals surface area (Å²) < 4.78 is 12.1. The Kier molecular flexibility index (Phi) is 5.15. The van der Waals surface area contributed by atoms with E-state index in [0.717, 1.165) is 0 Å². The van der Waals surface area contributed by atoms with Crippen LogP contribution in [0.1, 0.15) is 60.4 Å². The van der Waals surface area contributed by atoms with Crippen molar-refractivity contribution < 1.29 is 33.4 Å². The van der Waals surface area contributed by atoms with Crippen LogP contribution in [0.25, 0.3) is 0 Å². The third-order valence-corrected chi connectivity index (χ3v) is 4.72. The molecular weight excluding hydrogens is 408 g/mol. The maximum absolute atomic E-state index is 12.9. The molecule has 1 N–H and O–H groups in total. The Morgan fingerprint density at radius 3 is 2.84 bits per heavy atom. The fourth-order valence-electron chi connectivity index (χ4n) is 3.27. The molecule has 0 aliphatic heterocycles. The quantitative estimate of drug-likeness (QED) is 0.428. The highest BCUT2D eigenvalue weighted by atomic mass is 16.5. The summed E-state index contributed by atoms with van der Waals surface area (Å²) >= 11 is 0. The third-order valence-electron chi connectivity index (χ3n) is 4.72. The van der Waals surface area contributed by atoms with E-state index in [-0.39, 0.29) is 59.9 Å². The van der Waals surface area contributed by atoms with E-state index >= 15 is 0 Å². The maximum atomic E-state index is 12.9. The molecule has 0 radical (unpaired) electrons. The van der Waals surface area contributed by atoms with Gasteiger partial charge in [-0.25, -0.2) is 4.79 Å². The lowest BCUT2D eigenvalue weighted by molar-refractivity contribution is -0.137. The number of hydrogen-bond acceptors (Lipinski definition) is 9. The first kappa shape index (κ1) is 20.1. The summed E-state index contributed by atoms with van der Waals surface area (Å²) in [4.78, 5) is 52.7. The molecule has 11 heteroatoms. The Bertz CT molecular complexity index is 1220. The van der Waals surface area contributed by atoms with Gasteiger partial charge in [-0.2, -0.15) is 0 Å². The number of furan rings is 1. The van der Waals surface area contributed by atoms with Crippen molar-refractivity contribution in [3.63, 3.8) is 0 Å². The number of carboxylic acids is 1. The molecule has 3 heterocycles. The minimum Gasteiger partial charge on any atom is -0.481 e. The van der Waals surface area contributed by atoms with E-state index in [0.29, 0.717) is 5.69 Å². The van der Waals surface area contributed by atoms with Crippen LogP contribution in [-0.4, -0.2) is 55.2 Å². The Morgan fingerprint density at radius 1 is 1.26 bits per heavy atom. The molecule has 0 atom stereocenters. The molecule has 31 heavy (non-hydrogen) atoms. The van der Waals surface area contributed by atoms with Gasteiger partial charge in [0, 0.05) is 18.8 Å². The van der Waals surface area contributed by atoms with Crippen LogP contribution in [-0.2, 0) is 22.5 Å². The monoisotopic (exact) mass is 424 g/mol. The predicted molar refractivity (Wildman–Crippen MR) is 101 cm³/mol. The van der Waals surface area contributed by atoms with Gasteiger partial charge in [-0.15, -0.1) is 5.10 Å². The fourth-order valence-corrected chi connectivity index (χ4v) is 3.27. The summed E-state index contributed by atoms with van der Waals surface area (Å²) in [5.41, 5.74) is 0.356. The van der Waals surface area contributed by atoms with E-state index in [2.05, 4.69) is 15.3 Å². The number of rotatable bonds is 7. The average molecular weight is 424 g/mol. The molecule has 0 amide bonds. The Hall–Kier alpha value is -4.15. The van der Waals surface area contributed by atoms with Crippen molar-refractivity contribution in [2.45, 2.75) is 26.3 Å². The average Bonchev–Trinajstić information content (AvgIpc) is 3.34. The van der Waals surface area contributed by atoms with Gasteiger partial charge in [0.1, 0.15) is 17.0 Å². The smallest absolute Gasteiger partial charge is 0.342 e. The number of ether oxygens (including phenoxy) is 1. The standard InChI is InChI=1S/C20H16N4O7/c1-10-14(15-18(28)16-12(3-2-6-21-16)17(27)19(15)31-10)20(29)30-8-5-11-9-24(23-22-11)7-4-13(25)26/h2-3,6,9H,4-5,7-8H2,1H3,(H,25,26). The topological polar surface area (TPSA) is 154 Å². The lowest BCUT2D eigenvalue weighted by Gasteiger charge is -2.12. The van der Waals surface area contributed by atoms with E-state index in [9.17, 15) is 19.2 Å². The number of aryl methyl sites for hydroxylation is 2. The van der Waals surface area contributed by atoms with Gasteiger partial charge in [-0.3, -0.25) is 24.0 Å². The molecule has 3 aromatic heterocycles. The first-order valence-corrected chi connectivity index (χ1v) is 9.32. The minimum absolute atomic E-state index is 0.0344. The molecular formula is C20H16N4O7. The van der Waals surface area contributed by atoms with Crippen molar-refractivity contribution in [2.24, 2.45) is 0 Å². The molecule has 0 saturated heterocycles. The molecule has 0 unspecified atom stereocenters. The number of carbonyl (C=O) groups excluding carboxylic acids is 3. The molecule has 0 fully saturated rings. The van der Waals surface area contributed by atoms with Crippen molar-refractivity contribution in [3.05, 3.63) is 64.1 Å². The number of pyridine rings is 1. The highest BCUT2D eigenvalue weighted by Gasteiger charge is 2.39. The number of carbonyl (C=O) groups is 4. The van der Waals surface area contributed by atoms with Crippen LogP contribution in [0.2, 0.25) is 0 Å². The molecule has 1 aliphatic carbocycles. The fraction of sp³-hybridized carbons (Fsp3) is 0.250. The van der Waals surface area contributed by atoms with E-state index in [1.807, 2.05) is 0 Å². The van der Waals surface area contributed by atoms with Crippen LogP contribution >= 0.6 is 0 Å². The highest BCUT2D eigenvalue weighted by Crippen LogP contribution is 2.32. The number of fused-ring (bicyclic) bond motifs is 2. The zero-order chi connectivity index (χ0) is 22.1. The SMILES string of the molecule is Cc1oc2c(c1C(=O)OCCc1cn(CCC(=O)O)nn1)C(=O)c1ncccc1C2=O. The zero-order valence-electron chi connectivity index (χ0n) is 16.3. The lowest BCUT2D eigenvalue weighted by Crippen LogP contribution is -2.23. The number of carboxylic acid groups (broad SMARTS) is 1. The molecule has 4 rings (SSSR count). The second-order valence-corrected chi connectivity index (χ2v) is 6.80. The summed E-state index contributed by atoms with van der Waals surface area (Å²) in [6.07, 6.45) is 3.10. The summed E-state index contributed by atoms with van der Waals surface area (Å²) in [6, 6.07) is 3.02. The van der Waals surface area contributed by atoms with Crippen molar-refractivity contribution in [3.8, 4) is 0 Å². The number of ketones is 2. The Balaban J connectivity index is 1.47. The van der Waals surface area contributed by atoms with Crippen LogP contribution in [0.15, 0.2) is 28.9 Å².